The third-order valence-electron chi connectivity index (χ3n) is 3.60. The lowest BCUT2D eigenvalue weighted by atomic mass is 10.0. The molecule has 1 aliphatic heterocycles. The van der Waals surface area contributed by atoms with Crippen molar-refractivity contribution >= 4 is 23.0 Å². The summed E-state index contributed by atoms with van der Waals surface area (Å²) in [5, 5.41) is 0.0745. The first-order valence-corrected chi connectivity index (χ1v) is 6.52. The fraction of sp³-hybridized carbons (Fsp3) is 0.538. The van der Waals surface area contributed by atoms with E-state index in [1.54, 1.807) is 0 Å². The Labute approximate surface area is 112 Å². The van der Waals surface area contributed by atoms with Crippen LogP contribution in [0.25, 0.3) is 0 Å². The van der Waals surface area contributed by atoms with Crippen LogP contribution in [-0.2, 0) is 0 Å². The Morgan fingerprint density at radius 1 is 1.50 bits per heavy atom. The first-order chi connectivity index (χ1) is 8.49. The molecule has 5 heteroatoms. The first kappa shape index (κ1) is 13.4. The molecule has 0 aromatic heterocycles. The number of piperidine rings is 1. The van der Waals surface area contributed by atoms with E-state index in [9.17, 15) is 4.39 Å². The molecule has 1 atom stereocenters. The average Bonchev–Trinajstić information content (AvgIpc) is 2.33. The monoisotopic (exact) mass is 271 g/mol. The van der Waals surface area contributed by atoms with Crippen LogP contribution in [0.15, 0.2) is 12.1 Å². The normalized spacial score (nSPS) is 21.0. The van der Waals surface area contributed by atoms with E-state index in [0.717, 1.165) is 31.6 Å². The lowest BCUT2D eigenvalue weighted by Crippen LogP contribution is -2.45. The van der Waals surface area contributed by atoms with Crippen LogP contribution in [0.1, 0.15) is 12.8 Å². The molecule has 1 aromatic carbocycles. The van der Waals surface area contributed by atoms with Crippen molar-refractivity contribution in [2.45, 2.75) is 18.9 Å². The Bertz CT molecular complexity index is 438. The van der Waals surface area contributed by atoms with Crippen LogP contribution in [-0.4, -0.2) is 38.1 Å². The highest BCUT2D eigenvalue weighted by molar-refractivity contribution is 6.31. The number of likely N-dealkylation sites (N-methyl/N-ethyl adjacent to an activating group) is 2. The van der Waals surface area contributed by atoms with E-state index in [0.29, 0.717) is 11.7 Å². The topological polar surface area (TPSA) is 32.5 Å². The highest BCUT2D eigenvalue weighted by Gasteiger charge is 2.23. The van der Waals surface area contributed by atoms with Gasteiger partial charge < -0.3 is 15.5 Å². The fourth-order valence-electron chi connectivity index (χ4n) is 2.51. The quantitative estimate of drug-likeness (QED) is 0.840. The van der Waals surface area contributed by atoms with Gasteiger partial charge in [-0.2, -0.15) is 0 Å². The Hall–Kier alpha value is -1.00. The van der Waals surface area contributed by atoms with Gasteiger partial charge in [-0.3, -0.25) is 0 Å². The predicted octanol–water partition coefficient (Wildman–Crippen LogP) is 2.59. The van der Waals surface area contributed by atoms with Gasteiger partial charge in [0.15, 0.2) is 0 Å². The lowest BCUT2D eigenvalue weighted by molar-refractivity contribution is 0.248. The van der Waals surface area contributed by atoms with Crippen molar-refractivity contribution in [1.29, 1.82) is 0 Å². The second-order valence-electron chi connectivity index (χ2n) is 4.99. The van der Waals surface area contributed by atoms with Crippen LogP contribution >= 0.6 is 11.6 Å². The van der Waals surface area contributed by atoms with Gasteiger partial charge in [0.25, 0.3) is 0 Å². The molecule has 1 aliphatic rings. The summed E-state index contributed by atoms with van der Waals surface area (Å²) in [7, 11) is 4.06. The summed E-state index contributed by atoms with van der Waals surface area (Å²) in [5.41, 5.74) is 7.17. The Balaban J connectivity index is 2.22. The predicted molar refractivity (Wildman–Crippen MR) is 74.7 cm³/mol. The number of hydrogen-bond acceptors (Lipinski definition) is 3. The van der Waals surface area contributed by atoms with Crippen LogP contribution in [0.4, 0.5) is 15.8 Å². The largest absolute Gasteiger partial charge is 0.397 e. The summed E-state index contributed by atoms with van der Waals surface area (Å²) in [4.78, 5) is 4.34. The molecule has 0 amide bonds. The van der Waals surface area contributed by atoms with Crippen LogP contribution in [0, 0.1) is 5.82 Å². The number of halogens is 2. The van der Waals surface area contributed by atoms with E-state index in [1.807, 2.05) is 7.05 Å². The van der Waals surface area contributed by atoms with Gasteiger partial charge >= 0.3 is 0 Å². The van der Waals surface area contributed by atoms with Gasteiger partial charge in [0.2, 0.25) is 0 Å². The van der Waals surface area contributed by atoms with Gasteiger partial charge in [-0.25, -0.2) is 4.39 Å². The molecule has 0 radical (unpaired) electrons. The van der Waals surface area contributed by atoms with E-state index in [2.05, 4.69) is 16.8 Å². The van der Waals surface area contributed by atoms with Crippen molar-refractivity contribution in [3.63, 3.8) is 0 Å². The minimum absolute atomic E-state index is 0.0745. The van der Waals surface area contributed by atoms with Crippen molar-refractivity contribution in [2.75, 3.05) is 37.8 Å². The zero-order valence-corrected chi connectivity index (χ0v) is 11.5. The fourth-order valence-corrected chi connectivity index (χ4v) is 2.68. The number of hydrogen-bond donors (Lipinski definition) is 1. The highest BCUT2D eigenvalue weighted by atomic mass is 35.5. The van der Waals surface area contributed by atoms with E-state index < -0.39 is 5.82 Å². The molecule has 18 heavy (non-hydrogen) atoms. The third kappa shape index (κ3) is 2.70. The number of likely N-dealkylation sites (tertiary alicyclic amines) is 1. The molecule has 1 saturated heterocycles. The zero-order valence-electron chi connectivity index (χ0n) is 10.8. The van der Waals surface area contributed by atoms with E-state index in [1.165, 1.54) is 12.1 Å². The van der Waals surface area contributed by atoms with E-state index >= 15 is 0 Å². The molecule has 100 valence electrons. The molecule has 0 bridgehead atoms. The minimum atomic E-state index is -0.420. The maximum atomic E-state index is 13.5. The summed E-state index contributed by atoms with van der Waals surface area (Å²) in [5.74, 6) is -0.420. The third-order valence-corrected chi connectivity index (χ3v) is 3.89. The SMILES string of the molecule is CN1CCCC(N(C)c2cc(F)c(Cl)cc2N)C1. The second kappa shape index (κ2) is 5.33. The zero-order chi connectivity index (χ0) is 13.3. The molecule has 0 spiro atoms. The summed E-state index contributed by atoms with van der Waals surface area (Å²) in [6, 6.07) is 3.27. The number of nitrogens with zero attached hydrogens (tertiary/aromatic N) is 2. The van der Waals surface area contributed by atoms with Crippen LogP contribution in [0.3, 0.4) is 0 Å². The molecule has 2 rings (SSSR count). The maximum absolute atomic E-state index is 13.5. The van der Waals surface area contributed by atoms with Crippen molar-refractivity contribution in [3.8, 4) is 0 Å². The average molecular weight is 272 g/mol. The van der Waals surface area contributed by atoms with Crippen molar-refractivity contribution in [2.24, 2.45) is 0 Å². The molecule has 0 saturated carbocycles. The summed E-state index contributed by atoms with van der Waals surface area (Å²) >= 11 is 5.72. The van der Waals surface area contributed by atoms with Crippen molar-refractivity contribution < 1.29 is 4.39 Å². The molecular formula is C13H19ClFN3. The van der Waals surface area contributed by atoms with Gasteiger partial charge in [0.1, 0.15) is 5.82 Å². The van der Waals surface area contributed by atoms with E-state index in [-0.39, 0.29) is 5.02 Å². The molecular weight excluding hydrogens is 253 g/mol. The van der Waals surface area contributed by atoms with Crippen LogP contribution in [0.2, 0.25) is 5.02 Å². The highest BCUT2D eigenvalue weighted by Crippen LogP contribution is 2.31. The standard InChI is InChI=1S/C13H19ClFN3/c1-17-5-3-4-9(8-17)18(2)13-7-11(15)10(14)6-12(13)16/h6-7,9H,3-5,8,16H2,1-2H3. The lowest BCUT2D eigenvalue weighted by Gasteiger charge is -2.37. The molecule has 0 aliphatic carbocycles. The van der Waals surface area contributed by atoms with Crippen molar-refractivity contribution in [1.82, 2.24) is 4.90 Å². The summed E-state index contributed by atoms with van der Waals surface area (Å²) in [6.07, 6.45) is 2.26. The second-order valence-corrected chi connectivity index (χ2v) is 5.40. The number of rotatable bonds is 2. The first-order valence-electron chi connectivity index (χ1n) is 6.15. The number of anilines is 2. The van der Waals surface area contributed by atoms with Crippen LogP contribution < -0.4 is 10.6 Å². The summed E-state index contributed by atoms with van der Waals surface area (Å²) < 4.78 is 13.5. The van der Waals surface area contributed by atoms with Crippen molar-refractivity contribution in [3.05, 3.63) is 23.0 Å². The molecule has 3 nitrogen and oxygen atoms in total. The molecule has 1 aromatic rings. The van der Waals surface area contributed by atoms with Gasteiger partial charge in [-0.15, -0.1) is 0 Å². The van der Waals surface area contributed by atoms with E-state index in [4.69, 9.17) is 17.3 Å². The van der Waals surface area contributed by atoms with Gasteiger partial charge in [0, 0.05) is 25.7 Å². The molecule has 1 heterocycles. The Kier molecular flexibility index (Phi) is 3.97. The number of nitrogen functional groups attached to an aromatic ring is 1. The minimum Gasteiger partial charge on any atom is -0.397 e. The molecule has 1 fully saturated rings. The van der Waals surface area contributed by atoms with Crippen LogP contribution in [0.5, 0.6) is 0 Å². The number of nitrogens with two attached hydrogens (primary N) is 1. The number of benzene rings is 1. The van der Waals surface area contributed by atoms with Gasteiger partial charge in [-0.05, 0) is 32.5 Å². The summed E-state index contributed by atoms with van der Waals surface area (Å²) in [6.45, 7) is 2.09. The van der Waals surface area contributed by atoms with Gasteiger partial charge in [-0.1, -0.05) is 11.6 Å². The molecule has 2 N–H and O–H groups in total. The van der Waals surface area contributed by atoms with Gasteiger partial charge in [0.05, 0.1) is 16.4 Å². The Morgan fingerprint density at radius 3 is 2.89 bits per heavy atom. The maximum Gasteiger partial charge on any atom is 0.144 e. The molecule has 1 unspecified atom stereocenters. The smallest absolute Gasteiger partial charge is 0.144 e. The Morgan fingerprint density at radius 2 is 2.22 bits per heavy atom.